The summed E-state index contributed by atoms with van der Waals surface area (Å²) in [6.07, 6.45) is 7.28. The molecule has 1 aromatic carbocycles. The van der Waals surface area contributed by atoms with E-state index in [1.165, 1.54) is 41.1 Å². The Kier molecular flexibility index (Phi) is 15.4. The van der Waals surface area contributed by atoms with Crippen molar-refractivity contribution in [2.45, 2.75) is 87.2 Å². The van der Waals surface area contributed by atoms with E-state index in [0.29, 0.717) is 0 Å². The maximum absolute atomic E-state index is 3.63. The van der Waals surface area contributed by atoms with Gasteiger partial charge in [0.05, 0.1) is 0 Å². The molecule has 28 heavy (non-hydrogen) atoms. The van der Waals surface area contributed by atoms with Crippen LogP contribution in [0.25, 0.3) is 0 Å². The van der Waals surface area contributed by atoms with Crippen LogP contribution in [-0.2, 0) is 21.7 Å². The van der Waals surface area contributed by atoms with Crippen LogP contribution in [0.1, 0.15) is 67.9 Å². The first kappa shape index (κ1) is 33.1. The predicted octanol–water partition coefficient (Wildman–Crippen LogP) is -2.67. The zero-order chi connectivity index (χ0) is 18.2. The Hall–Kier alpha value is 0.501. The molecule has 2 rings (SSSR count). The first-order chi connectivity index (χ1) is 11.2. The monoisotopic (exact) mass is 492 g/mol. The maximum atomic E-state index is 3.63. The Bertz CT molecular complexity index is 709. The van der Waals surface area contributed by atoms with Gasteiger partial charge in [-0.2, -0.15) is 10.8 Å². The molecular weight excluding hydrogens is 459 g/mol. The molecule has 0 saturated heterocycles. The van der Waals surface area contributed by atoms with E-state index in [-0.39, 0.29) is 58.9 Å². The van der Waals surface area contributed by atoms with Crippen LogP contribution in [0.5, 0.6) is 0 Å². The van der Waals surface area contributed by atoms with Crippen LogP contribution in [-0.4, -0.2) is 8.07 Å². The third kappa shape index (κ3) is 5.80. The van der Waals surface area contributed by atoms with Gasteiger partial charge in [-0.15, -0.1) is 6.42 Å². The summed E-state index contributed by atoms with van der Waals surface area (Å²) >= 11 is 0. The fourth-order valence-electron chi connectivity index (χ4n) is 4.88. The van der Waals surface area contributed by atoms with Gasteiger partial charge in [0.25, 0.3) is 0 Å². The van der Waals surface area contributed by atoms with Crippen molar-refractivity contribution in [2.75, 3.05) is 0 Å². The normalized spacial score (nSPS) is 14.8. The van der Waals surface area contributed by atoms with Gasteiger partial charge in [0.15, 0.2) is 0 Å². The summed E-state index contributed by atoms with van der Waals surface area (Å²) < 4.78 is 0. The molecule has 0 fully saturated rings. The molecule has 1 unspecified atom stereocenters. The van der Waals surface area contributed by atoms with Gasteiger partial charge in [0.2, 0.25) is 0 Å². The molecule has 0 heterocycles. The first-order valence-electron chi connectivity index (χ1n) is 9.52. The number of halogens is 3. The van der Waals surface area contributed by atoms with Crippen molar-refractivity contribution in [1.82, 2.24) is 0 Å². The Morgan fingerprint density at radius 3 is 1.57 bits per heavy atom. The topological polar surface area (TPSA) is 0 Å². The number of hydrogen-bond donors (Lipinski definition) is 0. The summed E-state index contributed by atoms with van der Waals surface area (Å²) in [4.78, 5) is 0. The molecule has 0 nitrogen and oxygen atoms in total. The van der Waals surface area contributed by atoms with Gasteiger partial charge in [0.1, 0.15) is 0 Å². The average Bonchev–Trinajstić information content (AvgIpc) is 2.88. The quantitative estimate of drug-likeness (QED) is 0.310. The summed E-state index contributed by atoms with van der Waals surface area (Å²) in [6, 6.07) is 1.36. The Labute approximate surface area is 208 Å². The van der Waals surface area contributed by atoms with E-state index >= 15 is 0 Å². The second-order valence-corrected chi connectivity index (χ2v) is 12.2. The number of unbranched alkanes of at least 4 members (excludes halogenated alkanes) is 1. The van der Waals surface area contributed by atoms with E-state index in [4.69, 9.17) is 0 Å². The van der Waals surface area contributed by atoms with E-state index in [0.717, 1.165) is 6.42 Å². The van der Waals surface area contributed by atoms with Crippen LogP contribution in [0.3, 0.4) is 0 Å². The van der Waals surface area contributed by atoms with Crippen LogP contribution < -0.4 is 42.4 Å². The van der Waals surface area contributed by atoms with Gasteiger partial charge in [-0.05, 0) is 62.4 Å². The number of allylic oxidation sites excluding steroid dienone is 4. The Morgan fingerprint density at radius 1 is 0.786 bits per heavy atom. The molecule has 0 spiro atoms. The molecule has 156 valence electrons. The van der Waals surface area contributed by atoms with Gasteiger partial charge in [-0.3, -0.25) is 6.08 Å². The number of benzene rings is 1. The number of hydrogen-bond acceptors (Lipinski definition) is 0. The Balaban J connectivity index is -0.00000156. The van der Waals surface area contributed by atoms with Gasteiger partial charge < -0.3 is 37.2 Å². The van der Waals surface area contributed by atoms with Crippen LogP contribution in [0.15, 0.2) is 16.3 Å². The van der Waals surface area contributed by atoms with Crippen LogP contribution in [0.4, 0.5) is 0 Å². The standard InChI is InChI=1S/C23H35Si.3ClH.Ti/c1-10-11-14-24(9,22-15(2)12-13-16(22)3)23-20(7)18(5)17(4)19(6)21(23)8;;;;/h10-12,14H2,1-9H3;3*1H;/q-1;;;;+4/p-3. The SMILES string of the molecule is CCCC[Si](C)(C1=C(C)C[C-]=C1C)c1c(C)c(C)c(C)c(C)c1C.[Cl-].[Cl-].[Cl-].[Ti+4]. The van der Waals surface area contributed by atoms with Gasteiger partial charge in [0, 0.05) is 8.07 Å². The van der Waals surface area contributed by atoms with Crippen molar-refractivity contribution < 1.29 is 58.9 Å². The molecule has 0 amide bonds. The van der Waals surface area contributed by atoms with Crippen molar-refractivity contribution in [3.05, 3.63) is 50.2 Å². The van der Waals surface area contributed by atoms with Crippen LogP contribution in [0, 0.1) is 40.7 Å². The summed E-state index contributed by atoms with van der Waals surface area (Å²) in [5, 5.41) is 3.42. The Morgan fingerprint density at radius 2 is 1.21 bits per heavy atom. The van der Waals surface area contributed by atoms with E-state index < -0.39 is 8.07 Å². The molecule has 5 heteroatoms. The molecule has 1 aliphatic rings. The summed E-state index contributed by atoms with van der Waals surface area (Å²) in [5.41, 5.74) is 10.6. The minimum absolute atomic E-state index is 0. The molecule has 0 bridgehead atoms. The zero-order valence-electron chi connectivity index (χ0n) is 19.0. The van der Waals surface area contributed by atoms with Gasteiger partial charge in [-0.25, -0.2) is 5.57 Å². The second-order valence-electron chi connectivity index (χ2n) is 8.07. The molecule has 0 radical (unpaired) electrons. The third-order valence-corrected chi connectivity index (χ3v) is 11.7. The zero-order valence-corrected chi connectivity index (χ0v) is 23.8. The molecule has 0 saturated carbocycles. The van der Waals surface area contributed by atoms with E-state index in [9.17, 15) is 0 Å². The smallest absolute Gasteiger partial charge is 1.00 e. The molecule has 1 aromatic rings. The largest absolute Gasteiger partial charge is 4.00 e. The summed E-state index contributed by atoms with van der Waals surface area (Å²) in [6.45, 7) is 21.3. The summed E-state index contributed by atoms with van der Waals surface area (Å²) in [7, 11) is -1.73. The van der Waals surface area contributed by atoms with Crippen molar-refractivity contribution in [1.29, 1.82) is 0 Å². The molecule has 0 aromatic heterocycles. The first-order valence-corrected chi connectivity index (χ1v) is 12.2. The second kappa shape index (κ2) is 13.0. The number of rotatable bonds is 5. The van der Waals surface area contributed by atoms with Gasteiger partial charge >= 0.3 is 21.7 Å². The van der Waals surface area contributed by atoms with E-state index in [2.05, 4.69) is 68.0 Å². The predicted molar refractivity (Wildman–Crippen MR) is 111 cm³/mol. The van der Waals surface area contributed by atoms with Crippen LogP contribution >= 0.6 is 0 Å². The van der Waals surface area contributed by atoms with Crippen LogP contribution in [0.2, 0.25) is 12.6 Å². The molecule has 0 aliphatic heterocycles. The molecule has 0 N–H and O–H groups in total. The van der Waals surface area contributed by atoms with Crippen molar-refractivity contribution in [3.8, 4) is 0 Å². The third-order valence-electron chi connectivity index (χ3n) is 6.55. The van der Waals surface area contributed by atoms with Crippen molar-refractivity contribution in [3.63, 3.8) is 0 Å². The van der Waals surface area contributed by atoms with Crippen molar-refractivity contribution >= 4 is 13.3 Å². The van der Waals surface area contributed by atoms with Gasteiger partial charge in [-0.1, -0.05) is 51.4 Å². The average molecular weight is 494 g/mol. The molecular formula is C23H35Cl3SiTi. The van der Waals surface area contributed by atoms with E-state index in [1.807, 2.05) is 0 Å². The fourth-order valence-corrected chi connectivity index (χ4v) is 10.7. The molecule has 1 aliphatic carbocycles. The maximum Gasteiger partial charge on any atom is 4.00 e. The fraction of sp³-hybridized carbons (Fsp3) is 0.565. The van der Waals surface area contributed by atoms with E-state index in [1.54, 1.807) is 27.1 Å². The molecule has 1 atom stereocenters. The minimum Gasteiger partial charge on any atom is -1.00 e. The summed E-state index contributed by atoms with van der Waals surface area (Å²) in [5.74, 6) is 0. The minimum atomic E-state index is -1.73. The van der Waals surface area contributed by atoms with Crippen molar-refractivity contribution in [2.24, 2.45) is 0 Å².